The highest BCUT2D eigenvalue weighted by atomic mass is 19.2. The first-order valence-electron chi connectivity index (χ1n) is 5.36. The molecule has 0 saturated carbocycles. The third kappa shape index (κ3) is 3.46. The Balaban J connectivity index is 2.94. The molecule has 0 heterocycles. The molecule has 0 fully saturated rings. The van der Waals surface area contributed by atoms with E-state index in [-0.39, 0.29) is 12.6 Å². The lowest BCUT2D eigenvalue weighted by Crippen LogP contribution is -2.34. The van der Waals surface area contributed by atoms with Crippen molar-refractivity contribution in [1.29, 1.82) is 0 Å². The van der Waals surface area contributed by atoms with Crippen molar-refractivity contribution in [3.05, 3.63) is 35.1 Å². The van der Waals surface area contributed by atoms with Crippen molar-refractivity contribution in [2.24, 2.45) is 5.92 Å². The normalized spacial score (nSPS) is 12.1. The van der Waals surface area contributed by atoms with E-state index < -0.39 is 40.8 Å². The summed E-state index contributed by atoms with van der Waals surface area (Å²) < 4.78 is 39.1. The Morgan fingerprint density at radius 3 is 2.26 bits per heavy atom. The van der Waals surface area contributed by atoms with Gasteiger partial charge in [0, 0.05) is 19.7 Å². The molecule has 4 nitrogen and oxygen atoms in total. The molecule has 0 spiro atoms. The van der Waals surface area contributed by atoms with Crippen molar-refractivity contribution in [1.82, 2.24) is 4.90 Å². The Bertz CT molecular complexity index is 519. The SMILES string of the molecule is CC(CN(C)C(=O)c1cc(F)c(F)cc1F)C(=O)O. The first-order valence-corrected chi connectivity index (χ1v) is 5.36. The zero-order chi connectivity index (χ0) is 14.7. The van der Waals surface area contributed by atoms with Crippen LogP contribution in [0.15, 0.2) is 12.1 Å². The van der Waals surface area contributed by atoms with Gasteiger partial charge in [0.1, 0.15) is 5.82 Å². The molecule has 19 heavy (non-hydrogen) atoms. The van der Waals surface area contributed by atoms with Gasteiger partial charge in [-0.2, -0.15) is 0 Å². The molecule has 1 amide bonds. The predicted molar refractivity (Wildman–Crippen MR) is 60.1 cm³/mol. The van der Waals surface area contributed by atoms with Crippen molar-refractivity contribution in [2.75, 3.05) is 13.6 Å². The topological polar surface area (TPSA) is 57.6 Å². The molecular weight excluding hydrogens is 263 g/mol. The Morgan fingerprint density at radius 1 is 1.21 bits per heavy atom. The number of hydrogen-bond acceptors (Lipinski definition) is 2. The molecule has 1 rings (SSSR count). The van der Waals surface area contributed by atoms with Gasteiger partial charge in [-0.1, -0.05) is 6.92 Å². The molecule has 0 aromatic heterocycles. The lowest BCUT2D eigenvalue weighted by atomic mass is 10.1. The van der Waals surface area contributed by atoms with Gasteiger partial charge in [-0.25, -0.2) is 13.2 Å². The number of nitrogens with zero attached hydrogens (tertiary/aromatic N) is 1. The molecule has 0 aliphatic rings. The van der Waals surface area contributed by atoms with Crippen LogP contribution >= 0.6 is 0 Å². The fraction of sp³-hybridized carbons (Fsp3) is 0.333. The molecule has 0 aliphatic heterocycles. The van der Waals surface area contributed by atoms with Gasteiger partial charge in [0.2, 0.25) is 0 Å². The Hall–Kier alpha value is -2.05. The fourth-order valence-electron chi connectivity index (χ4n) is 1.46. The molecule has 1 aromatic rings. The second kappa shape index (κ2) is 5.73. The van der Waals surface area contributed by atoms with Crippen LogP contribution in [0.3, 0.4) is 0 Å². The van der Waals surface area contributed by atoms with Crippen LogP contribution < -0.4 is 0 Å². The molecule has 0 saturated heterocycles. The largest absolute Gasteiger partial charge is 0.481 e. The van der Waals surface area contributed by atoms with Gasteiger partial charge in [0.15, 0.2) is 11.6 Å². The number of rotatable bonds is 4. The van der Waals surface area contributed by atoms with E-state index in [1.165, 1.54) is 14.0 Å². The zero-order valence-electron chi connectivity index (χ0n) is 10.3. The minimum absolute atomic E-state index is 0.174. The van der Waals surface area contributed by atoms with Crippen LogP contribution in [0.5, 0.6) is 0 Å². The van der Waals surface area contributed by atoms with Crippen LogP contribution in [0.25, 0.3) is 0 Å². The van der Waals surface area contributed by atoms with Crippen molar-refractivity contribution in [3.8, 4) is 0 Å². The third-order valence-electron chi connectivity index (χ3n) is 2.56. The Kier molecular flexibility index (Phi) is 4.52. The molecule has 104 valence electrons. The number of amides is 1. The summed E-state index contributed by atoms with van der Waals surface area (Å²) in [5.41, 5.74) is -0.640. The van der Waals surface area contributed by atoms with Gasteiger partial charge in [0.25, 0.3) is 5.91 Å². The van der Waals surface area contributed by atoms with E-state index in [0.29, 0.717) is 6.07 Å². The van der Waals surface area contributed by atoms with Gasteiger partial charge in [-0.3, -0.25) is 9.59 Å². The molecule has 1 aromatic carbocycles. The number of carboxylic acid groups (broad SMARTS) is 1. The number of carbonyl (C=O) groups is 2. The lowest BCUT2D eigenvalue weighted by molar-refractivity contribution is -0.141. The summed E-state index contributed by atoms with van der Waals surface area (Å²) in [6.07, 6.45) is 0. The highest BCUT2D eigenvalue weighted by Gasteiger charge is 2.22. The second-order valence-electron chi connectivity index (χ2n) is 4.17. The van der Waals surface area contributed by atoms with E-state index in [1.807, 2.05) is 0 Å². The number of carbonyl (C=O) groups excluding carboxylic acids is 1. The van der Waals surface area contributed by atoms with Crippen LogP contribution in [0, 0.1) is 23.4 Å². The smallest absolute Gasteiger partial charge is 0.308 e. The molecule has 1 atom stereocenters. The van der Waals surface area contributed by atoms with Crippen LogP contribution in [0.4, 0.5) is 13.2 Å². The number of aliphatic carboxylic acids is 1. The number of halogens is 3. The maximum atomic E-state index is 13.4. The molecule has 1 N–H and O–H groups in total. The fourth-order valence-corrected chi connectivity index (χ4v) is 1.46. The predicted octanol–water partition coefficient (Wildman–Crippen LogP) is 1.90. The van der Waals surface area contributed by atoms with Gasteiger partial charge >= 0.3 is 5.97 Å². The average Bonchev–Trinajstić information content (AvgIpc) is 2.32. The maximum Gasteiger partial charge on any atom is 0.308 e. The third-order valence-corrected chi connectivity index (χ3v) is 2.56. The van der Waals surface area contributed by atoms with E-state index >= 15 is 0 Å². The van der Waals surface area contributed by atoms with Gasteiger partial charge in [-0.05, 0) is 6.07 Å². The van der Waals surface area contributed by atoms with E-state index in [1.54, 1.807) is 0 Å². The highest BCUT2D eigenvalue weighted by molar-refractivity contribution is 5.94. The summed E-state index contributed by atoms with van der Waals surface area (Å²) in [5.74, 6) is -6.82. The number of benzene rings is 1. The summed E-state index contributed by atoms with van der Waals surface area (Å²) >= 11 is 0. The van der Waals surface area contributed by atoms with Crippen LogP contribution in [-0.2, 0) is 4.79 Å². The minimum Gasteiger partial charge on any atom is -0.481 e. The Morgan fingerprint density at radius 2 is 1.74 bits per heavy atom. The molecule has 0 bridgehead atoms. The summed E-state index contributed by atoms with van der Waals surface area (Å²) in [6.45, 7) is 1.19. The van der Waals surface area contributed by atoms with Gasteiger partial charge in [-0.15, -0.1) is 0 Å². The Labute approximate surface area is 107 Å². The molecule has 1 unspecified atom stereocenters. The molecule has 7 heteroatoms. The summed E-state index contributed by atoms with van der Waals surface area (Å²) in [5, 5.41) is 8.70. The first-order chi connectivity index (χ1) is 8.73. The van der Waals surface area contributed by atoms with Crippen molar-refractivity contribution in [2.45, 2.75) is 6.92 Å². The summed E-state index contributed by atoms with van der Waals surface area (Å²) in [6, 6.07) is 0.728. The first kappa shape index (κ1) is 15.0. The average molecular weight is 275 g/mol. The van der Waals surface area contributed by atoms with Crippen LogP contribution in [0.1, 0.15) is 17.3 Å². The van der Waals surface area contributed by atoms with E-state index in [2.05, 4.69) is 0 Å². The summed E-state index contributed by atoms with van der Waals surface area (Å²) in [7, 11) is 1.25. The quantitative estimate of drug-likeness (QED) is 0.854. The zero-order valence-corrected chi connectivity index (χ0v) is 10.3. The number of carboxylic acids is 1. The van der Waals surface area contributed by atoms with E-state index in [4.69, 9.17) is 5.11 Å². The van der Waals surface area contributed by atoms with Crippen LogP contribution in [0.2, 0.25) is 0 Å². The van der Waals surface area contributed by atoms with Crippen molar-refractivity contribution in [3.63, 3.8) is 0 Å². The highest BCUT2D eigenvalue weighted by Crippen LogP contribution is 2.15. The van der Waals surface area contributed by atoms with Crippen LogP contribution in [-0.4, -0.2) is 35.5 Å². The molecule has 0 aliphatic carbocycles. The lowest BCUT2D eigenvalue weighted by Gasteiger charge is -2.19. The standard InChI is InChI=1S/C12H12F3NO3/c1-6(12(18)19)5-16(2)11(17)7-3-9(14)10(15)4-8(7)13/h3-4,6H,5H2,1-2H3,(H,18,19). The van der Waals surface area contributed by atoms with E-state index in [9.17, 15) is 22.8 Å². The second-order valence-corrected chi connectivity index (χ2v) is 4.17. The van der Waals surface area contributed by atoms with E-state index in [0.717, 1.165) is 4.90 Å². The number of hydrogen-bond donors (Lipinski definition) is 1. The van der Waals surface area contributed by atoms with Gasteiger partial charge < -0.3 is 10.0 Å². The van der Waals surface area contributed by atoms with Crippen molar-refractivity contribution >= 4 is 11.9 Å². The monoisotopic (exact) mass is 275 g/mol. The molecular formula is C12H12F3NO3. The van der Waals surface area contributed by atoms with Crippen molar-refractivity contribution < 1.29 is 27.9 Å². The molecule has 0 radical (unpaired) electrons. The van der Waals surface area contributed by atoms with Gasteiger partial charge in [0.05, 0.1) is 11.5 Å². The maximum absolute atomic E-state index is 13.4. The minimum atomic E-state index is -1.39. The summed E-state index contributed by atoms with van der Waals surface area (Å²) in [4.78, 5) is 23.4.